The molecule has 0 aliphatic heterocycles. The number of nitrogen functional groups attached to an aromatic ring is 1. The van der Waals surface area contributed by atoms with Crippen LogP contribution in [0.1, 0.15) is 12.8 Å². The van der Waals surface area contributed by atoms with Gasteiger partial charge in [0.25, 0.3) is 0 Å². The van der Waals surface area contributed by atoms with Crippen LogP contribution >= 0.6 is 11.6 Å². The fraction of sp³-hybridized carbons (Fsp3) is 0.417. The third-order valence-corrected chi connectivity index (χ3v) is 2.96. The second-order valence-corrected chi connectivity index (χ2v) is 4.84. The van der Waals surface area contributed by atoms with Gasteiger partial charge >= 0.3 is 0 Å². The number of nitrogens with zero attached hydrogens (tertiary/aromatic N) is 1. The van der Waals surface area contributed by atoms with E-state index in [1.54, 1.807) is 23.1 Å². The summed E-state index contributed by atoms with van der Waals surface area (Å²) in [5.74, 6) is 0.0226. The second kappa shape index (κ2) is 4.84. The Balaban J connectivity index is 1.99. The van der Waals surface area contributed by atoms with Crippen LogP contribution in [0.25, 0.3) is 0 Å². The molecule has 1 aromatic carbocycles. The molecule has 5 heteroatoms. The van der Waals surface area contributed by atoms with Crippen molar-refractivity contribution in [2.24, 2.45) is 0 Å². The number of likely N-dealkylation sites (N-methyl/N-ethyl adjacent to an activating group) is 1. The van der Waals surface area contributed by atoms with Crippen molar-refractivity contribution in [1.82, 2.24) is 5.32 Å². The van der Waals surface area contributed by atoms with Gasteiger partial charge in [0.05, 0.1) is 17.9 Å². The maximum atomic E-state index is 11.6. The van der Waals surface area contributed by atoms with E-state index in [0.29, 0.717) is 23.3 Å². The molecule has 0 heterocycles. The van der Waals surface area contributed by atoms with Crippen LogP contribution in [0.4, 0.5) is 11.4 Å². The van der Waals surface area contributed by atoms with Gasteiger partial charge < -0.3 is 16.0 Å². The molecule has 2 rings (SSSR count). The molecule has 0 bridgehead atoms. The Bertz CT molecular complexity index is 432. The van der Waals surface area contributed by atoms with Crippen LogP contribution in [-0.2, 0) is 4.79 Å². The number of carbonyl (C=O) groups excluding carboxylic acids is 1. The molecule has 1 aliphatic rings. The Morgan fingerprint density at radius 1 is 1.59 bits per heavy atom. The lowest BCUT2D eigenvalue weighted by Crippen LogP contribution is -2.36. The molecular weight excluding hydrogens is 238 g/mol. The van der Waals surface area contributed by atoms with Crippen molar-refractivity contribution in [2.45, 2.75) is 18.9 Å². The third kappa shape index (κ3) is 3.27. The van der Waals surface area contributed by atoms with Gasteiger partial charge in [-0.3, -0.25) is 4.79 Å². The summed E-state index contributed by atoms with van der Waals surface area (Å²) in [4.78, 5) is 13.5. The summed E-state index contributed by atoms with van der Waals surface area (Å²) in [5, 5.41) is 3.55. The summed E-state index contributed by atoms with van der Waals surface area (Å²) in [6, 6.07) is 5.62. The Kier molecular flexibility index (Phi) is 3.43. The fourth-order valence-electron chi connectivity index (χ4n) is 1.65. The molecular formula is C12H16ClN3O. The minimum absolute atomic E-state index is 0.0226. The molecule has 0 spiro atoms. The molecule has 1 amide bonds. The van der Waals surface area contributed by atoms with E-state index in [9.17, 15) is 4.79 Å². The van der Waals surface area contributed by atoms with E-state index < -0.39 is 0 Å². The lowest BCUT2D eigenvalue weighted by molar-refractivity contribution is -0.119. The minimum atomic E-state index is 0.0226. The summed E-state index contributed by atoms with van der Waals surface area (Å²) in [6.45, 7) is 0.293. The van der Waals surface area contributed by atoms with E-state index >= 15 is 0 Å². The van der Waals surface area contributed by atoms with Crippen LogP contribution in [0, 0.1) is 0 Å². The van der Waals surface area contributed by atoms with Gasteiger partial charge in [0.2, 0.25) is 5.91 Å². The van der Waals surface area contributed by atoms with Gasteiger partial charge in [-0.2, -0.15) is 0 Å². The van der Waals surface area contributed by atoms with Crippen LogP contribution in [0.15, 0.2) is 18.2 Å². The van der Waals surface area contributed by atoms with Gasteiger partial charge in [0.15, 0.2) is 0 Å². The first-order valence-electron chi connectivity index (χ1n) is 5.62. The summed E-state index contributed by atoms with van der Waals surface area (Å²) in [5.41, 5.74) is 7.25. The normalized spacial score (nSPS) is 14.5. The molecule has 0 aromatic heterocycles. The smallest absolute Gasteiger partial charge is 0.239 e. The third-order valence-electron chi connectivity index (χ3n) is 2.73. The van der Waals surface area contributed by atoms with E-state index in [1.165, 1.54) is 0 Å². The summed E-state index contributed by atoms with van der Waals surface area (Å²) < 4.78 is 0. The first kappa shape index (κ1) is 12.0. The second-order valence-electron chi connectivity index (χ2n) is 4.40. The number of rotatable bonds is 4. The topological polar surface area (TPSA) is 58.4 Å². The summed E-state index contributed by atoms with van der Waals surface area (Å²) in [7, 11) is 1.83. The van der Waals surface area contributed by atoms with Gasteiger partial charge in [-0.25, -0.2) is 0 Å². The molecule has 1 aliphatic carbocycles. The molecule has 92 valence electrons. The molecule has 4 nitrogen and oxygen atoms in total. The van der Waals surface area contributed by atoms with E-state index in [0.717, 1.165) is 18.5 Å². The van der Waals surface area contributed by atoms with Gasteiger partial charge in [0, 0.05) is 18.1 Å². The van der Waals surface area contributed by atoms with Crippen molar-refractivity contribution in [1.29, 1.82) is 0 Å². The van der Waals surface area contributed by atoms with E-state index in [1.807, 2.05) is 7.05 Å². The monoisotopic (exact) mass is 253 g/mol. The van der Waals surface area contributed by atoms with E-state index in [4.69, 9.17) is 17.3 Å². The Morgan fingerprint density at radius 3 is 2.94 bits per heavy atom. The highest BCUT2D eigenvalue weighted by Gasteiger charge is 2.23. The SMILES string of the molecule is CN(CC(=O)NC1CC1)c1cc(Cl)ccc1N. The quantitative estimate of drug-likeness (QED) is 0.802. The number of nitrogens with one attached hydrogen (secondary N) is 1. The Labute approximate surface area is 106 Å². The van der Waals surface area contributed by atoms with Gasteiger partial charge in [0.1, 0.15) is 0 Å². The van der Waals surface area contributed by atoms with Crippen LogP contribution in [-0.4, -0.2) is 25.5 Å². The standard InChI is InChI=1S/C12H16ClN3O/c1-16(7-12(17)15-9-3-4-9)11-6-8(13)2-5-10(11)14/h2,5-6,9H,3-4,7,14H2,1H3,(H,15,17). The van der Waals surface area contributed by atoms with Crippen molar-refractivity contribution in [3.05, 3.63) is 23.2 Å². The zero-order valence-electron chi connectivity index (χ0n) is 9.74. The Hall–Kier alpha value is -1.42. The van der Waals surface area contributed by atoms with Gasteiger partial charge in [-0.05, 0) is 31.0 Å². The highest BCUT2D eigenvalue weighted by molar-refractivity contribution is 6.31. The summed E-state index contributed by atoms with van der Waals surface area (Å²) >= 11 is 5.91. The zero-order valence-corrected chi connectivity index (χ0v) is 10.5. The molecule has 1 saturated carbocycles. The minimum Gasteiger partial charge on any atom is -0.397 e. The largest absolute Gasteiger partial charge is 0.397 e. The van der Waals surface area contributed by atoms with Crippen molar-refractivity contribution < 1.29 is 4.79 Å². The number of hydrogen-bond acceptors (Lipinski definition) is 3. The number of halogens is 1. The van der Waals surface area contributed by atoms with Gasteiger partial charge in [-0.1, -0.05) is 11.6 Å². The lowest BCUT2D eigenvalue weighted by Gasteiger charge is -2.20. The maximum Gasteiger partial charge on any atom is 0.239 e. The van der Waals surface area contributed by atoms with Gasteiger partial charge in [-0.15, -0.1) is 0 Å². The number of carbonyl (C=O) groups is 1. The Morgan fingerprint density at radius 2 is 2.29 bits per heavy atom. The van der Waals surface area contributed by atoms with Crippen molar-refractivity contribution in [3.8, 4) is 0 Å². The van der Waals surface area contributed by atoms with Crippen LogP contribution in [0.5, 0.6) is 0 Å². The maximum absolute atomic E-state index is 11.6. The van der Waals surface area contributed by atoms with Crippen LogP contribution in [0.3, 0.4) is 0 Å². The number of amides is 1. The molecule has 0 atom stereocenters. The fourth-order valence-corrected chi connectivity index (χ4v) is 1.82. The highest BCUT2D eigenvalue weighted by atomic mass is 35.5. The predicted molar refractivity (Wildman–Crippen MR) is 70.3 cm³/mol. The molecule has 1 aromatic rings. The van der Waals surface area contributed by atoms with Crippen LogP contribution < -0.4 is 16.0 Å². The summed E-state index contributed by atoms with van der Waals surface area (Å²) in [6.07, 6.45) is 2.18. The zero-order chi connectivity index (χ0) is 12.4. The first-order valence-corrected chi connectivity index (χ1v) is 5.99. The number of hydrogen-bond donors (Lipinski definition) is 2. The van der Waals surface area contributed by atoms with Crippen molar-refractivity contribution in [3.63, 3.8) is 0 Å². The average Bonchev–Trinajstić information content (AvgIpc) is 3.05. The van der Waals surface area contributed by atoms with Crippen molar-refractivity contribution >= 4 is 28.9 Å². The average molecular weight is 254 g/mol. The van der Waals surface area contributed by atoms with Crippen LogP contribution in [0.2, 0.25) is 5.02 Å². The number of benzene rings is 1. The molecule has 17 heavy (non-hydrogen) atoms. The molecule has 1 fully saturated rings. The first-order chi connectivity index (χ1) is 8.06. The molecule has 3 N–H and O–H groups in total. The number of anilines is 2. The highest BCUT2D eigenvalue weighted by Crippen LogP contribution is 2.26. The lowest BCUT2D eigenvalue weighted by atomic mass is 10.2. The molecule has 0 saturated heterocycles. The molecule has 0 unspecified atom stereocenters. The van der Waals surface area contributed by atoms with E-state index in [2.05, 4.69) is 5.32 Å². The van der Waals surface area contributed by atoms with E-state index in [-0.39, 0.29) is 5.91 Å². The van der Waals surface area contributed by atoms with Crippen molar-refractivity contribution in [2.75, 3.05) is 24.2 Å². The number of nitrogens with two attached hydrogens (primary N) is 1. The molecule has 0 radical (unpaired) electrons. The predicted octanol–water partition coefficient (Wildman–Crippen LogP) is 1.64.